The molecule has 0 atom stereocenters. The maximum absolute atomic E-state index is 11.3. The minimum Gasteiger partial charge on any atom is -0.457 e. The SMILES string of the molecule is C=CC(=O)Oc1ccccc1COC(=O)C(=C)C. The molecule has 4 nitrogen and oxygen atoms in total. The number of hydrogen-bond acceptors (Lipinski definition) is 4. The predicted molar refractivity (Wildman–Crippen MR) is 66.9 cm³/mol. The number of benzene rings is 1. The second-order valence-corrected chi connectivity index (χ2v) is 3.59. The van der Waals surface area contributed by atoms with Crippen LogP contribution in [0.2, 0.25) is 0 Å². The summed E-state index contributed by atoms with van der Waals surface area (Å²) in [5, 5.41) is 0. The maximum atomic E-state index is 11.3. The number of carbonyl (C=O) groups excluding carboxylic acids is 2. The van der Waals surface area contributed by atoms with Crippen LogP contribution in [0.5, 0.6) is 5.75 Å². The Bertz CT molecular complexity index is 488. The minimum absolute atomic E-state index is 0.0201. The van der Waals surface area contributed by atoms with Gasteiger partial charge in [0, 0.05) is 17.2 Å². The highest BCUT2D eigenvalue weighted by Gasteiger charge is 2.09. The molecule has 0 radical (unpaired) electrons. The Labute approximate surface area is 106 Å². The first-order chi connectivity index (χ1) is 8.54. The molecule has 94 valence electrons. The molecule has 0 saturated heterocycles. The molecule has 0 aliphatic carbocycles. The van der Waals surface area contributed by atoms with Crippen LogP contribution in [-0.4, -0.2) is 11.9 Å². The van der Waals surface area contributed by atoms with Gasteiger partial charge in [-0.15, -0.1) is 0 Å². The van der Waals surface area contributed by atoms with Gasteiger partial charge in [-0.1, -0.05) is 31.4 Å². The lowest BCUT2D eigenvalue weighted by Gasteiger charge is -2.09. The van der Waals surface area contributed by atoms with Crippen LogP contribution in [0.25, 0.3) is 0 Å². The van der Waals surface area contributed by atoms with E-state index in [0.29, 0.717) is 16.9 Å². The van der Waals surface area contributed by atoms with Crippen LogP contribution >= 0.6 is 0 Å². The molecule has 4 heteroatoms. The van der Waals surface area contributed by atoms with Crippen LogP contribution in [0.1, 0.15) is 12.5 Å². The van der Waals surface area contributed by atoms with Crippen LogP contribution in [0, 0.1) is 0 Å². The average molecular weight is 246 g/mol. The fourth-order valence-electron chi connectivity index (χ4n) is 1.14. The number of rotatable bonds is 5. The van der Waals surface area contributed by atoms with E-state index in [-0.39, 0.29) is 6.61 Å². The van der Waals surface area contributed by atoms with E-state index >= 15 is 0 Å². The van der Waals surface area contributed by atoms with Crippen molar-refractivity contribution in [1.29, 1.82) is 0 Å². The summed E-state index contributed by atoms with van der Waals surface area (Å²) in [6.45, 7) is 8.37. The third-order valence-corrected chi connectivity index (χ3v) is 2.06. The molecule has 0 bridgehead atoms. The molecule has 1 rings (SSSR count). The summed E-state index contributed by atoms with van der Waals surface area (Å²) in [4.78, 5) is 22.4. The molecular weight excluding hydrogens is 232 g/mol. The molecule has 0 fully saturated rings. The molecule has 0 aromatic heterocycles. The van der Waals surface area contributed by atoms with Gasteiger partial charge in [0.2, 0.25) is 0 Å². The van der Waals surface area contributed by atoms with E-state index in [9.17, 15) is 9.59 Å². The Kier molecular flexibility index (Phi) is 4.87. The topological polar surface area (TPSA) is 52.6 Å². The Balaban J connectivity index is 2.76. The molecule has 1 aromatic carbocycles. The smallest absolute Gasteiger partial charge is 0.335 e. The minimum atomic E-state index is -0.561. The van der Waals surface area contributed by atoms with Gasteiger partial charge in [0.1, 0.15) is 12.4 Å². The Hall–Kier alpha value is -2.36. The highest BCUT2D eigenvalue weighted by molar-refractivity contribution is 5.87. The van der Waals surface area contributed by atoms with Crippen molar-refractivity contribution in [2.45, 2.75) is 13.5 Å². The van der Waals surface area contributed by atoms with Crippen LogP contribution < -0.4 is 4.74 Å². The van der Waals surface area contributed by atoms with Gasteiger partial charge in [-0.25, -0.2) is 9.59 Å². The van der Waals surface area contributed by atoms with E-state index in [4.69, 9.17) is 9.47 Å². The standard InChI is InChI=1S/C14H14O4/c1-4-13(15)18-12-8-6-5-7-11(12)9-17-14(16)10(2)3/h4-8H,1-2,9H2,3H3. The van der Waals surface area contributed by atoms with Crippen molar-refractivity contribution in [3.63, 3.8) is 0 Å². The molecule has 0 spiro atoms. The molecule has 0 aliphatic heterocycles. The Morgan fingerprint density at radius 3 is 2.61 bits per heavy atom. The van der Waals surface area contributed by atoms with Crippen LogP contribution in [0.15, 0.2) is 49.1 Å². The molecule has 0 amide bonds. The molecule has 0 N–H and O–H groups in total. The molecule has 0 aliphatic rings. The van der Waals surface area contributed by atoms with Gasteiger partial charge in [-0.3, -0.25) is 0 Å². The second kappa shape index (κ2) is 6.39. The fourth-order valence-corrected chi connectivity index (χ4v) is 1.14. The molecule has 18 heavy (non-hydrogen) atoms. The van der Waals surface area contributed by atoms with Crippen molar-refractivity contribution in [2.75, 3.05) is 0 Å². The summed E-state index contributed by atoms with van der Waals surface area (Å²) in [5.41, 5.74) is 0.915. The van der Waals surface area contributed by atoms with Gasteiger partial charge in [-0.2, -0.15) is 0 Å². The zero-order valence-electron chi connectivity index (χ0n) is 10.1. The average Bonchev–Trinajstić information content (AvgIpc) is 2.37. The molecule has 0 heterocycles. The van der Waals surface area contributed by atoms with Crippen molar-refractivity contribution in [3.8, 4) is 5.75 Å². The fraction of sp³-hybridized carbons (Fsp3) is 0.143. The van der Waals surface area contributed by atoms with Gasteiger partial charge in [-0.05, 0) is 13.0 Å². The summed E-state index contributed by atoms with van der Waals surface area (Å²) in [5.74, 6) is -0.703. The number of hydrogen-bond donors (Lipinski definition) is 0. The largest absolute Gasteiger partial charge is 0.457 e. The Morgan fingerprint density at radius 1 is 1.33 bits per heavy atom. The lowest BCUT2D eigenvalue weighted by atomic mass is 10.2. The van der Waals surface area contributed by atoms with Gasteiger partial charge in [0.15, 0.2) is 0 Å². The lowest BCUT2D eigenvalue weighted by Crippen LogP contribution is -2.08. The summed E-state index contributed by atoms with van der Waals surface area (Å²) < 4.78 is 10.0. The number of ether oxygens (including phenoxy) is 2. The van der Waals surface area contributed by atoms with Crippen molar-refractivity contribution < 1.29 is 19.1 Å². The van der Waals surface area contributed by atoms with E-state index < -0.39 is 11.9 Å². The van der Waals surface area contributed by atoms with Gasteiger partial charge >= 0.3 is 11.9 Å². The van der Waals surface area contributed by atoms with Crippen LogP contribution in [-0.2, 0) is 20.9 Å². The quantitative estimate of drug-likeness (QED) is 0.455. The zero-order chi connectivity index (χ0) is 13.5. The van der Waals surface area contributed by atoms with E-state index in [1.807, 2.05) is 0 Å². The van der Waals surface area contributed by atoms with Crippen molar-refractivity contribution in [2.24, 2.45) is 0 Å². The van der Waals surface area contributed by atoms with Crippen molar-refractivity contribution in [3.05, 3.63) is 54.6 Å². The Morgan fingerprint density at radius 2 is 2.00 bits per heavy atom. The van der Waals surface area contributed by atoms with Crippen molar-refractivity contribution >= 4 is 11.9 Å². The first kappa shape index (κ1) is 13.7. The zero-order valence-corrected chi connectivity index (χ0v) is 10.1. The molecular formula is C14H14O4. The van der Waals surface area contributed by atoms with Crippen LogP contribution in [0.3, 0.4) is 0 Å². The van der Waals surface area contributed by atoms with E-state index in [1.54, 1.807) is 31.2 Å². The van der Waals surface area contributed by atoms with Crippen molar-refractivity contribution in [1.82, 2.24) is 0 Å². The predicted octanol–water partition coefficient (Wildman–Crippen LogP) is 2.40. The van der Waals surface area contributed by atoms with E-state index in [2.05, 4.69) is 13.2 Å². The van der Waals surface area contributed by atoms with Gasteiger partial charge in [0.05, 0.1) is 0 Å². The maximum Gasteiger partial charge on any atom is 0.335 e. The lowest BCUT2D eigenvalue weighted by molar-refractivity contribution is -0.140. The molecule has 0 unspecified atom stereocenters. The van der Waals surface area contributed by atoms with Gasteiger partial charge < -0.3 is 9.47 Å². The number of esters is 2. The molecule has 1 aromatic rings. The summed E-state index contributed by atoms with van der Waals surface area (Å²) in [7, 11) is 0. The summed E-state index contributed by atoms with van der Waals surface area (Å²) in [6, 6.07) is 6.80. The third-order valence-electron chi connectivity index (χ3n) is 2.06. The monoisotopic (exact) mass is 246 g/mol. The first-order valence-electron chi connectivity index (χ1n) is 5.29. The number of para-hydroxylation sites is 1. The first-order valence-corrected chi connectivity index (χ1v) is 5.29. The van der Waals surface area contributed by atoms with E-state index in [0.717, 1.165) is 6.08 Å². The van der Waals surface area contributed by atoms with Gasteiger partial charge in [0.25, 0.3) is 0 Å². The normalized spacial score (nSPS) is 9.39. The second-order valence-electron chi connectivity index (χ2n) is 3.59. The van der Waals surface area contributed by atoms with Crippen LogP contribution in [0.4, 0.5) is 0 Å². The van der Waals surface area contributed by atoms with E-state index in [1.165, 1.54) is 0 Å². The summed E-state index contributed by atoms with van der Waals surface area (Å²) >= 11 is 0. The number of carbonyl (C=O) groups is 2. The summed E-state index contributed by atoms with van der Waals surface area (Å²) in [6.07, 6.45) is 1.07. The third kappa shape index (κ3) is 3.90. The molecule has 0 saturated carbocycles. The highest BCUT2D eigenvalue weighted by Crippen LogP contribution is 2.19. The highest BCUT2D eigenvalue weighted by atomic mass is 16.5.